The van der Waals surface area contributed by atoms with Gasteiger partial charge in [-0.3, -0.25) is 0 Å². The Bertz CT molecular complexity index is 67.7. The van der Waals surface area contributed by atoms with Gasteiger partial charge in [-0.05, 0) is 6.42 Å². The van der Waals surface area contributed by atoms with Gasteiger partial charge in [-0.25, -0.2) is 0 Å². The number of hydrogen-bond acceptors (Lipinski definition) is 3. The maximum Gasteiger partial charge on any atom is 0.0190 e. The Labute approximate surface area is 69.5 Å². The van der Waals surface area contributed by atoms with Crippen molar-refractivity contribution < 1.29 is 0 Å². The first-order chi connectivity index (χ1) is 5.35. The fraction of sp³-hybridized carbons (Fsp3) is 1.00. The minimum absolute atomic E-state index is 0.471. The van der Waals surface area contributed by atoms with Gasteiger partial charge in [-0.15, -0.1) is 0 Å². The van der Waals surface area contributed by atoms with Gasteiger partial charge in [-0.2, -0.15) is 0 Å². The molecule has 3 heteroatoms. The lowest BCUT2D eigenvalue weighted by Crippen LogP contribution is -2.38. The van der Waals surface area contributed by atoms with E-state index < -0.39 is 0 Å². The van der Waals surface area contributed by atoms with Gasteiger partial charge < -0.3 is 16.8 Å². The van der Waals surface area contributed by atoms with Crippen LogP contribution in [0.4, 0.5) is 0 Å². The Morgan fingerprint density at radius 1 is 1.36 bits per heavy atom. The third-order valence-corrected chi connectivity index (χ3v) is 1.77. The van der Waals surface area contributed by atoms with Crippen LogP contribution in [0.2, 0.25) is 0 Å². The highest BCUT2D eigenvalue weighted by molar-refractivity contribution is 4.66. The molecule has 3 nitrogen and oxygen atoms in total. The van der Waals surface area contributed by atoms with Crippen molar-refractivity contribution in [1.82, 2.24) is 5.32 Å². The molecule has 0 spiro atoms. The average molecular weight is 159 g/mol. The van der Waals surface area contributed by atoms with E-state index in [1.165, 1.54) is 19.3 Å². The van der Waals surface area contributed by atoms with Gasteiger partial charge in [-0.1, -0.05) is 19.8 Å². The summed E-state index contributed by atoms with van der Waals surface area (Å²) in [5, 5.41) is 3.30. The van der Waals surface area contributed by atoms with Gasteiger partial charge >= 0.3 is 0 Å². The second-order valence-corrected chi connectivity index (χ2v) is 2.82. The Morgan fingerprint density at radius 2 is 2.09 bits per heavy atom. The van der Waals surface area contributed by atoms with Crippen LogP contribution in [-0.2, 0) is 0 Å². The summed E-state index contributed by atoms with van der Waals surface area (Å²) < 4.78 is 0. The van der Waals surface area contributed by atoms with Crippen molar-refractivity contribution in [2.45, 2.75) is 32.2 Å². The molecular weight excluding hydrogens is 138 g/mol. The molecule has 68 valence electrons. The number of hydrogen-bond donors (Lipinski definition) is 3. The minimum Gasteiger partial charge on any atom is -0.329 e. The standard InChI is InChI=1S/C8H21N3/c1-2-3-4-8(7-10)11-6-5-9/h8,11H,2-7,9-10H2,1H3. The molecule has 0 aromatic heterocycles. The van der Waals surface area contributed by atoms with Crippen LogP contribution < -0.4 is 16.8 Å². The molecule has 0 aliphatic carbocycles. The average Bonchev–Trinajstić information content (AvgIpc) is 2.05. The molecule has 0 radical (unpaired) electrons. The molecule has 11 heavy (non-hydrogen) atoms. The molecule has 1 unspecified atom stereocenters. The van der Waals surface area contributed by atoms with Crippen LogP contribution in [0, 0.1) is 0 Å². The monoisotopic (exact) mass is 159 g/mol. The fourth-order valence-corrected chi connectivity index (χ4v) is 1.04. The predicted molar refractivity (Wildman–Crippen MR) is 49.4 cm³/mol. The molecule has 0 fully saturated rings. The first kappa shape index (κ1) is 10.9. The molecule has 0 saturated carbocycles. The molecule has 0 aromatic rings. The van der Waals surface area contributed by atoms with Gasteiger partial charge in [0.15, 0.2) is 0 Å². The number of nitrogens with two attached hydrogens (primary N) is 2. The second kappa shape index (κ2) is 7.98. The summed E-state index contributed by atoms with van der Waals surface area (Å²) in [5.41, 5.74) is 10.9. The molecular formula is C8H21N3. The minimum atomic E-state index is 0.471. The van der Waals surface area contributed by atoms with Gasteiger partial charge in [0.1, 0.15) is 0 Å². The van der Waals surface area contributed by atoms with Crippen molar-refractivity contribution in [2.75, 3.05) is 19.6 Å². The summed E-state index contributed by atoms with van der Waals surface area (Å²) in [6.07, 6.45) is 3.66. The van der Waals surface area contributed by atoms with Crippen LogP contribution in [0.15, 0.2) is 0 Å². The summed E-state index contributed by atoms with van der Waals surface area (Å²) in [6.45, 7) is 4.49. The van der Waals surface area contributed by atoms with Crippen molar-refractivity contribution in [2.24, 2.45) is 11.5 Å². The third kappa shape index (κ3) is 6.28. The highest BCUT2D eigenvalue weighted by atomic mass is 14.9. The van der Waals surface area contributed by atoms with Gasteiger partial charge in [0, 0.05) is 25.7 Å². The summed E-state index contributed by atoms with van der Waals surface area (Å²) in [7, 11) is 0. The normalized spacial score (nSPS) is 13.4. The summed E-state index contributed by atoms with van der Waals surface area (Å²) in [5.74, 6) is 0. The number of unbranched alkanes of at least 4 members (excludes halogenated alkanes) is 1. The number of nitrogens with one attached hydrogen (secondary N) is 1. The zero-order valence-corrected chi connectivity index (χ0v) is 7.47. The quantitative estimate of drug-likeness (QED) is 0.492. The van der Waals surface area contributed by atoms with Gasteiger partial charge in [0.2, 0.25) is 0 Å². The van der Waals surface area contributed by atoms with E-state index in [4.69, 9.17) is 11.5 Å². The zero-order valence-electron chi connectivity index (χ0n) is 7.47. The molecule has 0 rings (SSSR count). The topological polar surface area (TPSA) is 64.1 Å². The third-order valence-electron chi connectivity index (χ3n) is 1.77. The van der Waals surface area contributed by atoms with Crippen molar-refractivity contribution >= 4 is 0 Å². The Hall–Kier alpha value is -0.120. The van der Waals surface area contributed by atoms with E-state index in [1.54, 1.807) is 0 Å². The van der Waals surface area contributed by atoms with Crippen molar-refractivity contribution in [1.29, 1.82) is 0 Å². The predicted octanol–water partition coefficient (Wildman–Crippen LogP) is 0.0522. The van der Waals surface area contributed by atoms with Crippen LogP contribution in [0.3, 0.4) is 0 Å². The van der Waals surface area contributed by atoms with Crippen molar-refractivity contribution in [3.8, 4) is 0 Å². The van der Waals surface area contributed by atoms with Crippen molar-refractivity contribution in [3.05, 3.63) is 0 Å². The second-order valence-electron chi connectivity index (χ2n) is 2.82. The molecule has 0 aliphatic rings. The number of rotatable bonds is 7. The van der Waals surface area contributed by atoms with E-state index in [0.717, 1.165) is 13.1 Å². The molecule has 0 bridgehead atoms. The fourth-order valence-electron chi connectivity index (χ4n) is 1.04. The molecule has 0 amide bonds. The Balaban J connectivity index is 3.25. The van der Waals surface area contributed by atoms with Crippen LogP contribution >= 0.6 is 0 Å². The molecule has 1 atom stereocenters. The molecule has 5 N–H and O–H groups in total. The first-order valence-corrected chi connectivity index (χ1v) is 4.48. The van der Waals surface area contributed by atoms with E-state index in [-0.39, 0.29) is 0 Å². The summed E-state index contributed by atoms with van der Waals surface area (Å²) in [6, 6.07) is 0.471. The Morgan fingerprint density at radius 3 is 2.55 bits per heavy atom. The zero-order chi connectivity index (χ0) is 8.53. The Kier molecular flexibility index (Phi) is 7.89. The van der Waals surface area contributed by atoms with Crippen LogP contribution in [0.5, 0.6) is 0 Å². The molecule has 0 aromatic carbocycles. The van der Waals surface area contributed by atoms with E-state index in [1.807, 2.05) is 0 Å². The van der Waals surface area contributed by atoms with Crippen LogP contribution in [0.25, 0.3) is 0 Å². The lowest BCUT2D eigenvalue weighted by Gasteiger charge is -2.15. The largest absolute Gasteiger partial charge is 0.329 e. The first-order valence-electron chi connectivity index (χ1n) is 4.48. The molecule has 0 aliphatic heterocycles. The van der Waals surface area contributed by atoms with Gasteiger partial charge in [0.05, 0.1) is 0 Å². The highest BCUT2D eigenvalue weighted by Gasteiger charge is 2.02. The van der Waals surface area contributed by atoms with Crippen LogP contribution in [-0.4, -0.2) is 25.7 Å². The van der Waals surface area contributed by atoms with Crippen LogP contribution in [0.1, 0.15) is 26.2 Å². The summed E-state index contributed by atoms with van der Waals surface area (Å²) >= 11 is 0. The SMILES string of the molecule is CCCCC(CN)NCCN. The molecule has 0 saturated heterocycles. The van der Waals surface area contributed by atoms with E-state index >= 15 is 0 Å². The summed E-state index contributed by atoms with van der Waals surface area (Å²) in [4.78, 5) is 0. The maximum absolute atomic E-state index is 5.55. The van der Waals surface area contributed by atoms with Gasteiger partial charge in [0.25, 0.3) is 0 Å². The highest BCUT2D eigenvalue weighted by Crippen LogP contribution is 1.98. The maximum atomic E-state index is 5.55. The van der Waals surface area contributed by atoms with Crippen molar-refractivity contribution in [3.63, 3.8) is 0 Å². The molecule has 0 heterocycles. The van der Waals surface area contributed by atoms with E-state index in [0.29, 0.717) is 12.6 Å². The van der Waals surface area contributed by atoms with E-state index in [9.17, 15) is 0 Å². The lowest BCUT2D eigenvalue weighted by atomic mass is 10.1. The lowest BCUT2D eigenvalue weighted by molar-refractivity contribution is 0.477. The smallest absolute Gasteiger partial charge is 0.0190 e. The van der Waals surface area contributed by atoms with E-state index in [2.05, 4.69) is 12.2 Å².